The van der Waals surface area contributed by atoms with Crippen LogP contribution in [0, 0.1) is 6.92 Å². The minimum absolute atomic E-state index is 0. The highest BCUT2D eigenvalue weighted by Gasteiger charge is 2.21. The summed E-state index contributed by atoms with van der Waals surface area (Å²) in [6, 6.07) is 8.78. The largest absolute Gasteiger partial charge is 0.356 e. The summed E-state index contributed by atoms with van der Waals surface area (Å²) in [5, 5.41) is 6.70. The molecule has 2 N–H and O–H groups in total. The van der Waals surface area contributed by atoms with Gasteiger partial charge in [0, 0.05) is 25.0 Å². The third kappa shape index (κ3) is 4.67. The minimum Gasteiger partial charge on any atom is -0.356 e. The van der Waals surface area contributed by atoms with E-state index in [1.165, 1.54) is 11.1 Å². The molecule has 1 heterocycles. The molecule has 0 spiro atoms. The van der Waals surface area contributed by atoms with Gasteiger partial charge >= 0.3 is 0 Å². The van der Waals surface area contributed by atoms with Crippen molar-refractivity contribution in [3.63, 3.8) is 0 Å². The molecule has 19 heavy (non-hydrogen) atoms. The van der Waals surface area contributed by atoms with E-state index in [4.69, 9.17) is 0 Å². The van der Waals surface area contributed by atoms with E-state index in [9.17, 15) is 0 Å². The van der Waals surface area contributed by atoms with Crippen LogP contribution in [0.4, 0.5) is 0 Å². The van der Waals surface area contributed by atoms with Crippen molar-refractivity contribution in [2.24, 2.45) is 4.99 Å². The molecule has 2 rings (SSSR count). The quantitative estimate of drug-likeness (QED) is 0.800. The number of aryl methyl sites for hydroxylation is 1. The number of nitrogens with zero attached hydrogens (tertiary/aromatic N) is 1. The Morgan fingerprint density at radius 3 is 2.53 bits per heavy atom. The maximum atomic E-state index is 4.43. The summed E-state index contributed by atoms with van der Waals surface area (Å²) in [4.78, 5) is 4.43. The van der Waals surface area contributed by atoms with Gasteiger partial charge in [0.2, 0.25) is 0 Å². The van der Waals surface area contributed by atoms with Crippen LogP contribution in [0.25, 0.3) is 0 Å². The molecule has 3 nitrogen and oxygen atoms in total. The molecule has 0 saturated carbocycles. The Labute approximate surface area is 133 Å². The van der Waals surface area contributed by atoms with Crippen molar-refractivity contribution in [1.82, 2.24) is 10.6 Å². The lowest BCUT2D eigenvalue weighted by Gasteiger charge is -2.27. The van der Waals surface area contributed by atoms with Crippen molar-refractivity contribution in [1.29, 1.82) is 0 Å². The predicted molar refractivity (Wildman–Crippen MR) is 92.5 cm³/mol. The zero-order valence-corrected chi connectivity index (χ0v) is 14.3. The molecule has 0 radical (unpaired) electrons. The van der Waals surface area contributed by atoms with Crippen molar-refractivity contribution in [2.75, 3.05) is 19.6 Å². The summed E-state index contributed by atoms with van der Waals surface area (Å²) in [5.74, 6) is 0.946. The fraction of sp³-hybridized carbons (Fsp3) is 0.533. The molecular weight excluding hydrogens is 349 g/mol. The molecule has 0 aromatic heterocycles. The van der Waals surface area contributed by atoms with Gasteiger partial charge in [0.25, 0.3) is 0 Å². The normalized spacial score (nSPS) is 15.0. The molecule has 0 saturated heterocycles. The van der Waals surface area contributed by atoms with Crippen molar-refractivity contribution in [3.05, 3.63) is 35.4 Å². The molecular formula is C15H24IN3. The Morgan fingerprint density at radius 1 is 1.26 bits per heavy atom. The van der Waals surface area contributed by atoms with E-state index in [0.717, 1.165) is 32.0 Å². The first-order valence-corrected chi connectivity index (χ1v) is 6.67. The van der Waals surface area contributed by atoms with Crippen LogP contribution >= 0.6 is 24.0 Å². The summed E-state index contributed by atoms with van der Waals surface area (Å²) < 4.78 is 0. The fourth-order valence-electron chi connectivity index (χ4n) is 2.06. The van der Waals surface area contributed by atoms with Gasteiger partial charge in [-0.1, -0.05) is 43.7 Å². The molecule has 106 valence electrons. The second kappa shape index (κ2) is 7.12. The van der Waals surface area contributed by atoms with Crippen LogP contribution in [0.15, 0.2) is 29.3 Å². The number of aliphatic imine (C=N–C) groups is 1. The first kappa shape index (κ1) is 16.3. The summed E-state index contributed by atoms with van der Waals surface area (Å²) in [5.41, 5.74) is 2.77. The molecule has 0 fully saturated rings. The van der Waals surface area contributed by atoms with E-state index >= 15 is 0 Å². The van der Waals surface area contributed by atoms with Gasteiger partial charge in [-0.15, -0.1) is 24.0 Å². The number of guanidine groups is 1. The fourth-order valence-corrected chi connectivity index (χ4v) is 2.06. The van der Waals surface area contributed by atoms with E-state index < -0.39 is 0 Å². The van der Waals surface area contributed by atoms with Crippen LogP contribution < -0.4 is 10.6 Å². The van der Waals surface area contributed by atoms with Gasteiger partial charge in [-0.2, -0.15) is 0 Å². The van der Waals surface area contributed by atoms with Crippen molar-refractivity contribution in [3.8, 4) is 0 Å². The zero-order chi connectivity index (χ0) is 13.0. The van der Waals surface area contributed by atoms with Gasteiger partial charge in [0.05, 0.1) is 0 Å². The van der Waals surface area contributed by atoms with E-state index in [0.29, 0.717) is 0 Å². The molecule has 0 unspecified atom stereocenters. The van der Waals surface area contributed by atoms with Crippen LogP contribution in [-0.4, -0.2) is 25.6 Å². The molecule has 1 aliphatic heterocycles. The molecule has 4 heteroatoms. The van der Waals surface area contributed by atoms with Crippen molar-refractivity contribution in [2.45, 2.75) is 32.6 Å². The van der Waals surface area contributed by atoms with Gasteiger partial charge in [0.1, 0.15) is 0 Å². The zero-order valence-electron chi connectivity index (χ0n) is 12.0. The highest BCUT2D eigenvalue weighted by atomic mass is 127. The second-order valence-electron chi connectivity index (χ2n) is 5.61. The Morgan fingerprint density at radius 2 is 1.95 bits per heavy atom. The first-order valence-electron chi connectivity index (χ1n) is 6.67. The van der Waals surface area contributed by atoms with Gasteiger partial charge in [-0.25, -0.2) is 0 Å². The summed E-state index contributed by atoms with van der Waals surface area (Å²) in [7, 11) is 0. The van der Waals surface area contributed by atoms with Gasteiger partial charge in [0.15, 0.2) is 5.96 Å². The molecule has 1 aromatic rings. The predicted octanol–water partition coefficient (Wildman–Crippen LogP) is 2.83. The number of nitrogens with one attached hydrogen (secondary N) is 2. The molecule has 1 aromatic carbocycles. The average molecular weight is 373 g/mol. The highest BCUT2D eigenvalue weighted by Crippen LogP contribution is 2.22. The van der Waals surface area contributed by atoms with Crippen molar-refractivity contribution < 1.29 is 0 Å². The van der Waals surface area contributed by atoms with Crippen LogP contribution in [-0.2, 0) is 5.41 Å². The SMILES string of the molecule is Cc1ccc(C(C)(C)CNC2=NCCCN2)cc1.I. The average Bonchev–Trinajstić information content (AvgIpc) is 2.38. The van der Waals surface area contributed by atoms with Crippen LogP contribution in [0.1, 0.15) is 31.4 Å². The van der Waals surface area contributed by atoms with Crippen LogP contribution in [0.3, 0.4) is 0 Å². The number of hydrogen-bond acceptors (Lipinski definition) is 3. The number of halogens is 1. The topological polar surface area (TPSA) is 36.4 Å². The third-order valence-electron chi connectivity index (χ3n) is 3.43. The van der Waals surface area contributed by atoms with E-state index in [-0.39, 0.29) is 29.4 Å². The lowest BCUT2D eigenvalue weighted by molar-refractivity contribution is 0.505. The van der Waals surface area contributed by atoms with E-state index in [2.05, 4.69) is 60.7 Å². The summed E-state index contributed by atoms with van der Waals surface area (Å²) >= 11 is 0. The van der Waals surface area contributed by atoms with Gasteiger partial charge < -0.3 is 10.6 Å². The van der Waals surface area contributed by atoms with Gasteiger partial charge in [-0.3, -0.25) is 4.99 Å². The molecule has 1 aliphatic rings. The van der Waals surface area contributed by atoms with Crippen molar-refractivity contribution >= 4 is 29.9 Å². The number of rotatable bonds is 3. The minimum atomic E-state index is 0. The number of benzene rings is 1. The third-order valence-corrected chi connectivity index (χ3v) is 3.43. The lowest BCUT2D eigenvalue weighted by Crippen LogP contribution is -2.45. The van der Waals surface area contributed by atoms with Crippen LogP contribution in [0.2, 0.25) is 0 Å². The van der Waals surface area contributed by atoms with Gasteiger partial charge in [-0.05, 0) is 18.9 Å². The van der Waals surface area contributed by atoms with E-state index in [1.54, 1.807) is 0 Å². The Kier molecular flexibility index (Phi) is 6.10. The Bertz CT molecular complexity index is 424. The number of hydrogen-bond donors (Lipinski definition) is 2. The monoisotopic (exact) mass is 373 g/mol. The van der Waals surface area contributed by atoms with Crippen LogP contribution in [0.5, 0.6) is 0 Å². The maximum absolute atomic E-state index is 4.43. The molecule has 0 aliphatic carbocycles. The summed E-state index contributed by atoms with van der Waals surface area (Å²) in [6.45, 7) is 9.48. The molecule has 0 atom stereocenters. The van der Waals surface area contributed by atoms with E-state index in [1.807, 2.05) is 0 Å². The smallest absolute Gasteiger partial charge is 0.191 e. The maximum Gasteiger partial charge on any atom is 0.191 e. The molecule has 0 amide bonds. The summed E-state index contributed by atoms with van der Waals surface area (Å²) in [6.07, 6.45) is 1.13. The standard InChI is InChI=1S/C15H23N3.HI/c1-12-5-7-13(8-6-12)15(2,3)11-18-14-16-9-4-10-17-14;/h5-8H,4,9-11H2,1-3H3,(H2,16,17,18);1H. The first-order chi connectivity index (χ1) is 8.58. The Balaban J connectivity index is 0.00000180. The highest BCUT2D eigenvalue weighted by molar-refractivity contribution is 14.0. The Hall–Kier alpha value is -0.780. The second-order valence-corrected chi connectivity index (χ2v) is 5.61. The lowest BCUT2D eigenvalue weighted by atomic mass is 9.84. The molecule has 0 bridgehead atoms.